The smallest absolute Gasteiger partial charge is 0.308 e. The highest BCUT2D eigenvalue weighted by atomic mass is 16.7. The van der Waals surface area contributed by atoms with E-state index in [1.54, 1.807) is 0 Å². The van der Waals surface area contributed by atoms with Crippen molar-refractivity contribution in [1.29, 1.82) is 0 Å². The predicted octanol–water partition coefficient (Wildman–Crippen LogP) is 0.608. The lowest BCUT2D eigenvalue weighted by molar-refractivity contribution is -0.268. The quantitative estimate of drug-likeness (QED) is 0.323. The van der Waals surface area contributed by atoms with E-state index < -0.39 is 54.0 Å². The molecule has 0 amide bonds. The number of aliphatic hydroxyl groups excluding tert-OH is 3. The normalized spacial score (nSPS) is 26.4. The third kappa shape index (κ3) is 3.76. The van der Waals surface area contributed by atoms with Crippen LogP contribution in [0.1, 0.15) is 51.3 Å². The van der Waals surface area contributed by atoms with Gasteiger partial charge in [-0.2, -0.15) is 0 Å². The van der Waals surface area contributed by atoms with E-state index in [1.807, 2.05) is 0 Å². The molecule has 0 aromatic heterocycles. The van der Waals surface area contributed by atoms with Crippen LogP contribution in [0.5, 0.6) is 17.2 Å². The highest BCUT2D eigenvalue weighted by Crippen LogP contribution is 2.41. The predicted molar refractivity (Wildman–Crippen MR) is 110 cm³/mol. The zero-order valence-electron chi connectivity index (χ0n) is 17.9. The molecule has 0 saturated carbocycles. The van der Waals surface area contributed by atoms with Gasteiger partial charge in [0.2, 0.25) is 6.29 Å². The Bertz CT molecular complexity index is 1170. The molecule has 33 heavy (non-hydrogen) atoms. The van der Waals surface area contributed by atoms with Crippen LogP contribution in [0.2, 0.25) is 0 Å². The summed E-state index contributed by atoms with van der Waals surface area (Å²) in [7, 11) is 0. The minimum Gasteiger partial charge on any atom is -0.507 e. The minimum absolute atomic E-state index is 0.0124. The fraction of sp³-hybridized carbons (Fsp3) is 0.348. The van der Waals surface area contributed by atoms with Gasteiger partial charge in [0.05, 0.1) is 11.7 Å². The van der Waals surface area contributed by atoms with Crippen LogP contribution in [0.25, 0.3) is 0 Å². The van der Waals surface area contributed by atoms with Crippen molar-refractivity contribution in [3.05, 3.63) is 52.1 Å². The highest BCUT2D eigenvalue weighted by molar-refractivity contribution is 6.29. The first-order valence-electron chi connectivity index (χ1n) is 10.2. The van der Waals surface area contributed by atoms with Crippen LogP contribution in [0, 0.1) is 6.92 Å². The number of hydrogen-bond acceptors (Lipinski definition) is 10. The standard InChI is InChI=1S/C23H22O10/c1-8-15(33-23-22(30)21(29)18(26)9(2)31-23)7-14-16(17(8)25)20(28)12-5-4-11(32-10(3)24)6-13(12)19(14)27/h4-7,9,18,21-23,25-26,29-30H,1-3H3. The maximum atomic E-state index is 13.2. The molecule has 0 spiro atoms. The van der Waals surface area contributed by atoms with Gasteiger partial charge in [-0.15, -0.1) is 0 Å². The highest BCUT2D eigenvalue weighted by Gasteiger charge is 2.44. The van der Waals surface area contributed by atoms with Crippen molar-refractivity contribution in [2.24, 2.45) is 0 Å². The molecule has 5 unspecified atom stereocenters. The fourth-order valence-electron chi connectivity index (χ4n) is 3.93. The Kier molecular flexibility index (Phi) is 5.71. The first kappa shape index (κ1) is 22.9. The topological polar surface area (TPSA) is 160 Å². The monoisotopic (exact) mass is 458 g/mol. The van der Waals surface area contributed by atoms with Crippen molar-refractivity contribution < 1.29 is 49.0 Å². The van der Waals surface area contributed by atoms with Crippen LogP contribution in [-0.2, 0) is 9.53 Å². The number of rotatable bonds is 3. The zero-order chi connectivity index (χ0) is 24.2. The number of carbonyl (C=O) groups is 3. The lowest BCUT2D eigenvalue weighted by atomic mass is 9.82. The lowest BCUT2D eigenvalue weighted by Gasteiger charge is -2.39. The molecule has 1 fully saturated rings. The Labute approximate surface area is 187 Å². The van der Waals surface area contributed by atoms with Gasteiger partial charge in [-0.3, -0.25) is 14.4 Å². The second-order valence-corrected chi connectivity index (χ2v) is 8.03. The lowest BCUT2D eigenvalue weighted by Crippen LogP contribution is -2.58. The number of aliphatic hydroxyl groups is 3. The number of phenols is 1. The first-order chi connectivity index (χ1) is 15.5. The summed E-state index contributed by atoms with van der Waals surface area (Å²) >= 11 is 0. The molecule has 174 valence electrons. The molecule has 5 atom stereocenters. The summed E-state index contributed by atoms with van der Waals surface area (Å²) in [5.74, 6) is -2.26. The second kappa shape index (κ2) is 8.23. The van der Waals surface area contributed by atoms with E-state index >= 15 is 0 Å². The summed E-state index contributed by atoms with van der Waals surface area (Å²) in [5, 5.41) is 40.8. The van der Waals surface area contributed by atoms with Crippen molar-refractivity contribution in [1.82, 2.24) is 0 Å². The number of esters is 1. The number of fused-ring (bicyclic) bond motifs is 2. The van der Waals surface area contributed by atoms with E-state index in [-0.39, 0.29) is 39.3 Å². The Morgan fingerprint density at radius 3 is 2.33 bits per heavy atom. The third-order valence-corrected chi connectivity index (χ3v) is 5.77. The number of hydrogen-bond donors (Lipinski definition) is 4. The van der Waals surface area contributed by atoms with E-state index in [0.717, 1.165) is 0 Å². The second-order valence-electron chi connectivity index (χ2n) is 8.03. The van der Waals surface area contributed by atoms with Crippen LogP contribution >= 0.6 is 0 Å². The van der Waals surface area contributed by atoms with Crippen LogP contribution in [-0.4, -0.2) is 68.7 Å². The van der Waals surface area contributed by atoms with Gasteiger partial charge in [0.1, 0.15) is 35.6 Å². The molecule has 1 aliphatic heterocycles. The maximum Gasteiger partial charge on any atom is 0.308 e. The molecule has 1 heterocycles. The van der Waals surface area contributed by atoms with Crippen LogP contribution in [0.15, 0.2) is 24.3 Å². The minimum atomic E-state index is -1.61. The van der Waals surface area contributed by atoms with Crippen LogP contribution in [0.3, 0.4) is 0 Å². The molecule has 1 saturated heterocycles. The molecular formula is C23H22O10. The molecule has 2 aromatic rings. The van der Waals surface area contributed by atoms with E-state index in [1.165, 1.54) is 45.0 Å². The molecule has 0 radical (unpaired) electrons. The average Bonchev–Trinajstić information content (AvgIpc) is 2.76. The van der Waals surface area contributed by atoms with Gasteiger partial charge >= 0.3 is 5.97 Å². The first-order valence-corrected chi connectivity index (χ1v) is 10.2. The zero-order valence-corrected chi connectivity index (χ0v) is 17.9. The number of ether oxygens (including phenoxy) is 3. The molecule has 4 N–H and O–H groups in total. The summed E-state index contributed by atoms with van der Waals surface area (Å²) in [6.07, 6.45) is -6.76. The van der Waals surface area contributed by atoms with Crippen molar-refractivity contribution in [3.63, 3.8) is 0 Å². The molecular weight excluding hydrogens is 436 g/mol. The number of ketones is 2. The average molecular weight is 458 g/mol. The molecule has 10 nitrogen and oxygen atoms in total. The van der Waals surface area contributed by atoms with Crippen molar-refractivity contribution in [2.75, 3.05) is 0 Å². The summed E-state index contributed by atoms with van der Waals surface area (Å²) in [6.45, 7) is 4.13. The molecule has 4 rings (SSSR count). The molecule has 1 aliphatic carbocycles. The maximum absolute atomic E-state index is 13.2. The fourth-order valence-corrected chi connectivity index (χ4v) is 3.93. The molecule has 2 aromatic carbocycles. The summed E-state index contributed by atoms with van der Waals surface area (Å²) in [5.41, 5.74) is -0.208. The van der Waals surface area contributed by atoms with Gasteiger partial charge in [0.25, 0.3) is 0 Å². The van der Waals surface area contributed by atoms with E-state index in [0.29, 0.717) is 0 Å². The van der Waals surface area contributed by atoms with Crippen LogP contribution < -0.4 is 9.47 Å². The van der Waals surface area contributed by atoms with E-state index in [2.05, 4.69) is 0 Å². The van der Waals surface area contributed by atoms with Crippen LogP contribution in [0.4, 0.5) is 0 Å². The van der Waals surface area contributed by atoms with Gasteiger partial charge < -0.3 is 34.6 Å². The Morgan fingerprint density at radius 2 is 1.67 bits per heavy atom. The summed E-state index contributed by atoms with van der Waals surface area (Å²) in [4.78, 5) is 37.5. The number of phenolic OH excluding ortho intramolecular Hbond substituents is 1. The van der Waals surface area contributed by atoms with Gasteiger partial charge in [-0.1, -0.05) is 0 Å². The number of carbonyl (C=O) groups excluding carboxylic acids is 3. The largest absolute Gasteiger partial charge is 0.507 e. The molecule has 0 bridgehead atoms. The van der Waals surface area contributed by atoms with E-state index in [4.69, 9.17) is 14.2 Å². The van der Waals surface area contributed by atoms with Gasteiger partial charge in [-0.25, -0.2) is 0 Å². The third-order valence-electron chi connectivity index (χ3n) is 5.77. The molecule has 10 heteroatoms. The Hall–Kier alpha value is -3.31. The Morgan fingerprint density at radius 1 is 0.970 bits per heavy atom. The molecule has 2 aliphatic rings. The summed E-state index contributed by atoms with van der Waals surface area (Å²) < 4.78 is 16.1. The SMILES string of the molecule is CC(=O)Oc1ccc2c(c1)C(=O)c1cc(OC3OC(C)C(O)C(O)C3O)c(C)c(O)c1C2=O. The summed E-state index contributed by atoms with van der Waals surface area (Å²) in [6, 6.07) is 5.23. The van der Waals surface area contributed by atoms with Gasteiger partial charge in [-0.05, 0) is 38.1 Å². The number of aromatic hydroxyl groups is 1. The Balaban J connectivity index is 1.74. The van der Waals surface area contributed by atoms with Crippen molar-refractivity contribution in [2.45, 2.75) is 51.5 Å². The van der Waals surface area contributed by atoms with E-state index in [9.17, 15) is 34.8 Å². The number of benzene rings is 2. The van der Waals surface area contributed by atoms with Crippen molar-refractivity contribution in [3.8, 4) is 17.2 Å². The van der Waals surface area contributed by atoms with Gasteiger partial charge in [0.15, 0.2) is 11.6 Å². The van der Waals surface area contributed by atoms with Gasteiger partial charge in [0, 0.05) is 29.2 Å². The van der Waals surface area contributed by atoms with Crippen molar-refractivity contribution >= 4 is 17.5 Å².